The Kier molecular flexibility index (Phi) is 3.48. The fourth-order valence-corrected chi connectivity index (χ4v) is 3.25. The molecular weight excluding hydrogens is 335 g/mol. The van der Waals surface area contributed by atoms with E-state index in [9.17, 15) is 21.6 Å². The standard InChI is InChI=1S/C13H8F3N3O3S/c14-13(15,16)8-4-1-2-5-9(8)19-23(20,21)11-7-3-6-10-12(11)18-22-17-10/h1-7,19H. The summed E-state index contributed by atoms with van der Waals surface area (Å²) >= 11 is 0. The van der Waals surface area contributed by atoms with Gasteiger partial charge in [0.25, 0.3) is 10.0 Å². The van der Waals surface area contributed by atoms with E-state index >= 15 is 0 Å². The Hall–Kier alpha value is -2.62. The molecule has 0 atom stereocenters. The normalized spacial score (nSPS) is 12.5. The Morgan fingerprint density at radius 3 is 2.48 bits per heavy atom. The van der Waals surface area contributed by atoms with Crippen LogP contribution >= 0.6 is 0 Å². The molecule has 0 saturated heterocycles. The zero-order valence-corrected chi connectivity index (χ0v) is 12.0. The summed E-state index contributed by atoms with van der Waals surface area (Å²) in [5.41, 5.74) is -1.55. The highest BCUT2D eigenvalue weighted by Crippen LogP contribution is 2.35. The maximum Gasteiger partial charge on any atom is 0.418 e. The second-order valence-electron chi connectivity index (χ2n) is 4.54. The number of anilines is 1. The number of fused-ring (bicyclic) bond motifs is 1. The molecule has 0 aliphatic rings. The zero-order chi connectivity index (χ0) is 16.7. The number of hydrogen-bond donors (Lipinski definition) is 1. The summed E-state index contributed by atoms with van der Waals surface area (Å²) in [5.74, 6) is 0. The quantitative estimate of drug-likeness (QED) is 0.790. The van der Waals surface area contributed by atoms with Gasteiger partial charge in [0.2, 0.25) is 0 Å². The van der Waals surface area contributed by atoms with E-state index in [0.29, 0.717) is 0 Å². The largest absolute Gasteiger partial charge is 0.418 e. The summed E-state index contributed by atoms with van der Waals surface area (Å²) in [6.07, 6.45) is -4.69. The van der Waals surface area contributed by atoms with E-state index in [1.165, 1.54) is 30.3 Å². The number of nitrogens with zero attached hydrogens (tertiary/aromatic N) is 2. The first-order valence-electron chi connectivity index (χ1n) is 6.19. The number of halogens is 3. The number of benzene rings is 2. The molecule has 0 spiro atoms. The molecule has 1 heterocycles. The molecule has 3 aromatic rings. The van der Waals surface area contributed by atoms with E-state index in [0.717, 1.165) is 12.1 Å². The lowest BCUT2D eigenvalue weighted by atomic mass is 10.2. The van der Waals surface area contributed by atoms with Crippen molar-refractivity contribution in [2.24, 2.45) is 0 Å². The van der Waals surface area contributed by atoms with Gasteiger partial charge in [-0.1, -0.05) is 18.2 Å². The molecule has 0 saturated carbocycles. The molecule has 0 amide bonds. The maximum atomic E-state index is 13.0. The van der Waals surface area contributed by atoms with Crippen molar-refractivity contribution in [1.29, 1.82) is 0 Å². The van der Waals surface area contributed by atoms with Crippen LogP contribution in [0.4, 0.5) is 18.9 Å². The monoisotopic (exact) mass is 343 g/mol. The second-order valence-corrected chi connectivity index (χ2v) is 6.19. The predicted octanol–water partition coefficient (Wildman–Crippen LogP) is 3.04. The van der Waals surface area contributed by atoms with Crippen LogP contribution in [0.2, 0.25) is 0 Å². The molecule has 10 heteroatoms. The Labute approximate surface area is 127 Å². The molecule has 2 aromatic carbocycles. The van der Waals surface area contributed by atoms with Crippen LogP contribution in [0.15, 0.2) is 52.0 Å². The van der Waals surface area contributed by atoms with Gasteiger partial charge in [0, 0.05) is 0 Å². The Morgan fingerprint density at radius 1 is 1.00 bits per heavy atom. The number of aromatic nitrogens is 2. The molecule has 1 N–H and O–H groups in total. The van der Waals surface area contributed by atoms with Gasteiger partial charge >= 0.3 is 6.18 Å². The van der Waals surface area contributed by atoms with Crippen LogP contribution in [-0.4, -0.2) is 18.7 Å². The van der Waals surface area contributed by atoms with Crippen LogP contribution < -0.4 is 4.72 Å². The van der Waals surface area contributed by atoms with Crippen molar-refractivity contribution in [3.8, 4) is 0 Å². The first kappa shape index (κ1) is 15.3. The SMILES string of the molecule is O=S(=O)(Nc1ccccc1C(F)(F)F)c1cccc2nonc12. The van der Waals surface area contributed by atoms with E-state index in [2.05, 4.69) is 14.9 Å². The topological polar surface area (TPSA) is 85.1 Å². The third-order valence-electron chi connectivity index (χ3n) is 3.02. The van der Waals surface area contributed by atoms with Crippen LogP contribution in [0, 0.1) is 0 Å². The Morgan fingerprint density at radius 2 is 1.74 bits per heavy atom. The van der Waals surface area contributed by atoms with Crippen molar-refractivity contribution in [3.63, 3.8) is 0 Å². The fraction of sp³-hybridized carbons (Fsp3) is 0.0769. The van der Waals surface area contributed by atoms with Crippen LogP contribution in [-0.2, 0) is 16.2 Å². The summed E-state index contributed by atoms with van der Waals surface area (Å²) in [7, 11) is -4.31. The van der Waals surface area contributed by atoms with E-state index < -0.39 is 27.5 Å². The summed E-state index contributed by atoms with van der Waals surface area (Å²) in [6.45, 7) is 0. The van der Waals surface area contributed by atoms with Crippen molar-refractivity contribution in [3.05, 3.63) is 48.0 Å². The van der Waals surface area contributed by atoms with Gasteiger partial charge < -0.3 is 0 Å². The lowest BCUT2D eigenvalue weighted by molar-refractivity contribution is -0.136. The molecule has 1 aromatic heterocycles. The Balaban J connectivity index is 2.08. The number of alkyl halides is 3. The first-order valence-corrected chi connectivity index (χ1v) is 7.68. The van der Waals surface area contributed by atoms with Gasteiger partial charge in [-0.15, -0.1) is 0 Å². The number of sulfonamides is 1. The van der Waals surface area contributed by atoms with Crippen LogP contribution in [0.5, 0.6) is 0 Å². The molecule has 0 aliphatic carbocycles. The minimum atomic E-state index is -4.69. The van der Waals surface area contributed by atoms with Crippen molar-refractivity contribution >= 4 is 26.7 Å². The molecule has 0 unspecified atom stereocenters. The summed E-state index contributed by atoms with van der Waals surface area (Å²) in [5, 5.41) is 6.97. The van der Waals surface area contributed by atoms with Gasteiger partial charge in [0.15, 0.2) is 5.52 Å². The minimum absolute atomic E-state index is 0.0653. The highest BCUT2D eigenvalue weighted by molar-refractivity contribution is 7.93. The van der Waals surface area contributed by atoms with Crippen LogP contribution in [0.25, 0.3) is 11.0 Å². The van der Waals surface area contributed by atoms with Gasteiger partial charge in [-0.25, -0.2) is 13.0 Å². The molecule has 0 aliphatic heterocycles. The molecule has 0 fully saturated rings. The van der Waals surface area contributed by atoms with Gasteiger partial charge in [-0.3, -0.25) is 4.72 Å². The van der Waals surface area contributed by atoms with Gasteiger partial charge in [0.05, 0.1) is 11.3 Å². The summed E-state index contributed by atoms with van der Waals surface area (Å²) < 4.78 is 70.1. The Bertz CT molecular complexity index is 967. The molecule has 120 valence electrons. The van der Waals surface area contributed by atoms with Crippen molar-refractivity contribution < 1.29 is 26.2 Å². The molecular formula is C13H8F3N3O3S. The number of rotatable bonds is 3. The summed E-state index contributed by atoms with van der Waals surface area (Å²) in [4.78, 5) is -0.326. The molecule has 0 radical (unpaired) electrons. The zero-order valence-electron chi connectivity index (χ0n) is 11.2. The third kappa shape index (κ3) is 2.84. The van der Waals surface area contributed by atoms with Crippen LogP contribution in [0.3, 0.4) is 0 Å². The average Bonchev–Trinajstić information content (AvgIpc) is 2.94. The third-order valence-corrected chi connectivity index (χ3v) is 4.41. The van der Waals surface area contributed by atoms with E-state index in [1.807, 2.05) is 4.72 Å². The van der Waals surface area contributed by atoms with Gasteiger partial charge in [0.1, 0.15) is 10.4 Å². The van der Waals surface area contributed by atoms with Crippen LogP contribution in [0.1, 0.15) is 5.56 Å². The number of hydrogen-bond acceptors (Lipinski definition) is 5. The van der Waals surface area contributed by atoms with E-state index in [-0.39, 0.29) is 15.9 Å². The minimum Gasteiger partial charge on any atom is -0.279 e. The highest BCUT2D eigenvalue weighted by atomic mass is 32.2. The molecule has 23 heavy (non-hydrogen) atoms. The van der Waals surface area contributed by atoms with E-state index in [4.69, 9.17) is 0 Å². The average molecular weight is 343 g/mol. The maximum absolute atomic E-state index is 13.0. The molecule has 0 bridgehead atoms. The summed E-state index contributed by atoms with van der Waals surface area (Å²) in [6, 6.07) is 8.34. The van der Waals surface area contributed by atoms with Gasteiger partial charge in [-0.05, 0) is 34.6 Å². The molecule has 6 nitrogen and oxygen atoms in total. The fourth-order valence-electron chi connectivity index (χ4n) is 2.02. The predicted molar refractivity (Wildman–Crippen MR) is 74.1 cm³/mol. The number of nitrogens with one attached hydrogen (secondary N) is 1. The van der Waals surface area contributed by atoms with Crippen molar-refractivity contribution in [1.82, 2.24) is 10.3 Å². The highest BCUT2D eigenvalue weighted by Gasteiger charge is 2.34. The number of para-hydroxylation sites is 1. The van der Waals surface area contributed by atoms with Crippen molar-refractivity contribution in [2.45, 2.75) is 11.1 Å². The smallest absolute Gasteiger partial charge is 0.279 e. The first-order chi connectivity index (χ1) is 10.8. The lowest BCUT2D eigenvalue weighted by Crippen LogP contribution is -2.17. The second kappa shape index (κ2) is 5.23. The van der Waals surface area contributed by atoms with E-state index in [1.54, 1.807) is 0 Å². The lowest BCUT2D eigenvalue weighted by Gasteiger charge is -2.14. The van der Waals surface area contributed by atoms with Gasteiger partial charge in [-0.2, -0.15) is 13.2 Å². The molecule has 3 rings (SSSR count). The van der Waals surface area contributed by atoms with Crippen molar-refractivity contribution in [2.75, 3.05) is 4.72 Å².